The molecule has 0 amide bonds. The largest absolute Gasteiger partial charge is 0.378 e. The number of hydrogen-bond donors (Lipinski definition) is 1. The van der Waals surface area contributed by atoms with Gasteiger partial charge in [-0.1, -0.05) is 23.2 Å². The molecule has 0 saturated carbocycles. The molecule has 0 radical (unpaired) electrons. The molecule has 0 bridgehead atoms. The predicted molar refractivity (Wildman–Crippen MR) is 67.0 cm³/mol. The number of hydrogen-bond acceptors (Lipinski definition) is 2. The lowest BCUT2D eigenvalue weighted by Gasteiger charge is -2.06. The van der Waals surface area contributed by atoms with Gasteiger partial charge < -0.3 is 5.32 Å². The van der Waals surface area contributed by atoms with Crippen molar-refractivity contribution in [2.45, 2.75) is 6.54 Å². The molecule has 1 aromatic heterocycles. The fourth-order valence-electron chi connectivity index (χ4n) is 1.39. The Kier molecular flexibility index (Phi) is 3.36. The molecule has 3 nitrogen and oxygen atoms in total. The summed E-state index contributed by atoms with van der Waals surface area (Å²) in [5.41, 5.74) is 1.93. The summed E-state index contributed by atoms with van der Waals surface area (Å²) in [6.07, 6.45) is 3.66. The average molecular weight is 256 g/mol. The van der Waals surface area contributed by atoms with Crippen molar-refractivity contribution in [3.05, 3.63) is 46.2 Å². The van der Waals surface area contributed by atoms with Crippen LogP contribution in [0.2, 0.25) is 10.0 Å². The van der Waals surface area contributed by atoms with Crippen molar-refractivity contribution >= 4 is 28.9 Å². The van der Waals surface area contributed by atoms with Gasteiger partial charge in [0.25, 0.3) is 0 Å². The Bertz CT molecular complexity index is 494. The summed E-state index contributed by atoms with van der Waals surface area (Å²) in [6, 6.07) is 5.43. The molecule has 1 aromatic carbocycles. The number of benzene rings is 1. The first-order chi connectivity index (χ1) is 7.65. The maximum absolute atomic E-state index is 6.05. The Hall–Kier alpha value is -1.19. The lowest BCUT2D eigenvalue weighted by atomic mass is 10.2. The predicted octanol–water partition coefficient (Wildman–Crippen LogP) is 3.34. The Morgan fingerprint density at radius 3 is 2.88 bits per heavy atom. The summed E-state index contributed by atoms with van der Waals surface area (Å²) < 4.78 is 1.74. The highest BCUT2D eigenvalue weighted by Crippen LogP contribution is 2.21. The molecule has 16 heavy (non-hydrogen) atoms. The van der Waals surface area contributed by atoms with Crippen molar-refractivity contribution in [2.75, 3.05) is 5.32 Å². The van der Waals surface area contributed by atoms with Gasteiger partial charge in [-0.15, -0.1) is 0 Å². The third kappa shape index (κ3) is 2.68. The Morgan fingerprint density at radius 2 is 2.19 bits per heavy atom. The van der Waals surface area contributed by atoms with E-state index in [1.54, 1.807) is 23.0 Å². The molecular formula is C11H11Cl2N3. The Labute approximate surface area is 104 Å². The first-order valence-electron chi connectivity index (χ1n) is 4.81. The molecule has 0 aliphatic carbocycles. The number of anilines is 1. The highest BCUT2D eigenvalue weighted by Gasteiger charge is 2.02. The molecule has 0 unspecified atom stereocenters. The SMILES string of the molecule is Cn1cc(NCc2cc(Cl)ccc2Cl)cn1. The molecule has 5 heteroatoms. The summed E-state index contributed by atoms with van der Waals surface area (Å²) in [4.78, 5) is 0. The van der Waals surface area contributed by atoms with Gasteiger partial charge in [-0.05, 0) is 23.8 Å². The minimum absolute atomic E-state index is 0.630. The topological polar surface area (TPSA) is 29.9 Å². The van der Waals surface area contributed by atoms with Crippen molar-refractivity contribution in [1.29, 1.82) is 0 Å². The van der Waals surface area contributed by atoms with Gasteiger partial charge in [0.05, 0.1) is 11.9 Å². The zero-order valence-electron chi connectivity index (χ0n) is 8.74. The number of aryl methyl sites for hydroxylation is 1. The van der Waals surface area contributed by atoms with Crippen LogP contribution < -0.4 is 5.32 Å². The van der Waals surface area contributed by atoms with E-state index >= 15 is 0 Å². The van der Waals surface area contributed by atoms with E-state index in [-0.39, 0.29) is 0 Å². The third-order valence-corrected chi connectivity index (χ3v) is 2.80. The molecule has 0 aliphatic heterocycles. The number of rotatable bonds is 3. The zero-order chi connectivity index (χ0) is 11.5. The monoisotopic (exact) mass is 255 g/mol. The molecule has 0 atom stereocenters. The first-order valence-corrected chi connectivity index (χ1v) is 5.57. The normalized spacial score (nSPS) is 10.4. The molecule has 0 spiro atoms. The second-order valence-corrected chi connectivity index (χ2v) is 4.34. The first kappa shape index (κ1) is 11.3. The van der Waals surface area contributed by atoms with Crippen LogP contribution in [0.5, 0.6) is 0 Å². The number of halogens is 2. The maximum Gasteiger partial charge on any atom is 0.0729 e. The lowest BCUT2D eigenvalue weighted by molar-refractivity contribution is 0.768. The second-order valence-electron chi connectivity index (χ2n) is 3.49. The van der Waals surface area contributed by atoms with Crippen LogP contribution in [-0.4, -0.2) is 9.78 Å². The van der Waals surface area contributed by atoms with Crippen LogP contribution in [0.1, 0.15) is 5.56 Å². The molecule has 1 N–H and O–H groups in total. The molecule has 0 aliphatic rings. The molecule has 1 heterocycles. The summed E-state index contributed by atoms with van der Waals surface area (Å²) >= 11 is 11.9. The number of nitrogens with zero attached hydrogens (tertiary/aromatic N) is 2. The van der Waals surface area contributed by atoms with E-state index in [1.807, 2.05) is 19.3 Å². The lowest BCUT2D eigenvalue weighted by Crippen LogP contribution is -1.99. The van der Waals surface area contributed by atoms with Crippen molar-refractivity contribution in [1.82, 2.24) is 9.78 Å². The van der Waals surface area contributed by atoms with Gasteiger partial charge in [0.1, 0.15) is 0 Å². The van der Waals surface area contributed by atoms with Gasteiger partial charge in [0, 0.05) is 29.8 Å². The Balaban J connectivity index is 2.07. The van der Waals surface area contributed by atoms with Crippen molar-refractivity contribution in [3.63, 3.8) is 0 Å². The number of aromatic nitrogens is 2. The van der Waals surface area contributed by atoms with Crippen LogP contribution in [0.3, 0.4) is 0 Å². The Morgan fingerprint density at radius 1 is 1.38 bits per heavy atom. The fraction of sp³-hybridized carbons (Fsp3) is 0.182. The van der Waals surface area contributed by atoms with Crippen LogP contribution in [0.4, 0.5) is 5.69 Å². The van der Waals surface area contributed by atoms with Gasteiger partial charge in [0.2, 0.25) is 0 Å². The summed E-state index contributed by atoms with van der Waals surface area (Å²) in [6.45, 7) is 0.630. The van der Waals surface area contributed by atoms with E-state index in [0.717, 1.165) is 11.3 Å². The molecule has 2 rings (SSSR count). The zero-order valence-corrected chi connectivity index (χ0v) is 10.3. The standard InChI is InChI=1S/C11H11Cl2N3/c1-16-7-10(6-15-16)14-5-8-4-9(12)2-3-11(8)13/h2-4,6-7,14H,5H2,1H3. The minimum Gasteiger partial charge on any atom is -0.378 e. The average Bonchev–Trinajstić information content (AvgIpc) is 2.66. The van der Waals surface area contributed by atoms with E-state index < -0.39 is 0 Å². The maximum atomic E-state index is 6.05. The van der Waals surface area contributed by atoms with Gasteiger partial charge >= 0.3 is 0 Å². The summed E-state index contributed by atoms with van der Waals surface area (Å²) in [7, 11) is 1.87. The van der Waals surface area contributed by atoms with Gasteiger partial charge in [-0.25, -0.2) is 0 Å². The van der Waals surface area contributed by atoms with E-state index in [9.17, 15) is 0 Å². The van der Waals surface area contributed by atoms with Crippen LogP contribution in [0, 0.1) is 0 Å². The van der Waals surface area contributed by atoms with Crippen LogP contribution >= 0.6 is 23.2 Å². The fourth-order valence-corrected chi connectivity index (χ4v) is 1.77. The van der Waals surface area contributed by atoms with Crippen LogP contribution in [0.15, 0.2) is 30.6 Å². The summed E-state index contributed by atoms with van der Waals surface area (Å²) in [5.74, 6) is 0. The molecule has 0 saturated heterocycles. The quantitative estimate of drug-likeness (QED) is 0.912. The van der Waals surface area contributed by atoms with Gasteiger partial charge in [-0.3, -0.25) is 4.68 Å². The minimum atomic E-state index is 0.630. The molecule has 0 fully saturated rings. The van der Waals surface area contributed by atoms with E-state index in [4.69, 9.17) is 23.2 Å². The number of nitrogens with one attached hydrogen (secondary N) is 1. The van der Waals surface area contributed by atoms with E-state index in [0.29, 0.717) is 16.6 Å². The van der Waals surface area contributed by atoms with E-state index in [2.05, 4.69) is 10.4 Å². The van der Waals surface area contributed by atoms with Crippen molar-refractivity contribution < 1.29 is 0 Å². The van der Waals surface area contributed by atoms with Crippen molar-refractivity contribution in [2.24, 2.45) is 7.05 Å². The third-order valence-electron chi connectivity index (χ3n) is 2.20. The summed E-state index contributed by atoms with van der Waals surface area (Å²) in [5, 5.41) is 8.68. The molecule has 84 valence electrons. The smallest absolute Gasteiger partial charge is 0.0729 e. The highest BCUT2D eigenvalue weighted by atomic mass is 35.5. The van der Waals surface area contributed by atoms with Gasteiger partial charge in [-0.2, -0.15) is 5.10 Å². The molecule has 2 aromatic rings. The van der Waals surface area contributed by atoms with Crippen LogP contribution in [-0.2, 0) is 13.6 Å². The highest BCUT2D eigenvalue weighted by molar-refractivity contribution is 6.33. The van der Waals surface area contributed by atoms with Gasteiger partial charge in [0.15, 0.2) is 0 Å². The molecular weight excluding hydrogens is 245 g/mol. The second kappa shape index (κ2) is 4.76. The van der Waals surface area contributed by atoms with Crippen molar-refractivity contribution in [3.8, 4) is 0 Å². The van der Waals surface area contributed by atoms with E-state index in [1.165, 1.54) is 0 Å². The van der Waals surface area contributed by atoms with Crippen LogP contribution in [0.25, 0.3) is 0 Å².